The van der Waals surface area contributed by atoms with E-state index in [1.807, 2.05) is 20.7 Å². The first-order valence-electron chi connectivity index (χ1n) is 9.70. The molecule has 0 spiro atoms. The van der Waals surface area contributed by atoms with Crippen LogP contribution in [0, 0.1) is 20.2 Å². The largest absolute Gasteiger partial charge is 0.337 e. The molecular weight excluding hydrogens is 432 g/mol. The number of nitro benzene ring substituents is 2. The van der Waals surface area contributed by atoms with Crippen LogP contribution in [0.2, 0.25) is 0 Å². The van der Waals surface area contributed by atoms with Crippen LogP contribution in [0.5, 0.6) is 0 Å². The molecule has 0 bridgehead atoms. The van der Waals surface area contributed by atoms with Crippen molar-refractivity contribution in [3.05, 3.63) is 97.7 Å². The van der Waals surface area contributed by atoms with Crippen LogP contribution in [-0.2, 0) is 13.1 Å². The van der Waals surface area contributed by atoms with Gasteiger partial charge < -0.3 is 9.13 Å². The molecule has 0 radical (unpaired) electrons. The Balaban J connectivity index is 1.77. The van der Waals surface area contributed by atoms with Gasteiger partial charge in [0.05, 0.1) is 21.9 Å². The second-order valence-corrected chi connectivity index (χ2v) is 7.71. The van der Waals surface area contributed by atoms with Gasteiger partial charge in [-0.05, 0) is 12.5 Å². The highest BCUT2D eigenvalue weighted by Crippen LogP contribution is 2.28. The average Bonchev–Trinajstić information content (AvgIpc) is 3.45. The Kier molecular flexibility index (Phi) is 6.17. The summed E-state index contributed by atoms with van der Waals surface area (Å²) in [7, 11) is 0. The van der Waals surface area contributed by atoms with Crippen molar-refractivity contribution in [1.29, 1.82) is 0 Å². The summed E-state index contributed by atoms with van der Waals surface area (Å²) in [6.45, 7) is 1.29. The van der Waals surface area contributed by atoms with Gasteiger partial charge in [0.2, 0.25) is 0 Å². The van der Waals surface area contributed by atoms with Gasteiger partial charge in [-0.25, -0.2) is 9.98 Å². The van der Waals surface area contributed by atoms with Crippen molar-refractivity contribution >= 4 is 28.4 Å². The Bertz CT molecular complexity index is 1330. The lowest BCUT2D eigenvalue weighted by Gasteiger charge is -2.10. The minimum absolute atomic E-state index is 0.00384. The molecule has 2 aromatic carbocycles. The Labute approximate surface area is 186 Å². The number of nitrogens with zero attached hydrogens (tertiary/aromatic N) is 6. The molecule has 0 aliphatic heterocycles. The highest BCUT2D eigenvalue weighted by atomic mass is 32.1. The van der Waals surface area contributed by atoms with E-state index < -0.39 is 9.85 Å². The number of hydrogen-bond acceptors (Lipinski definition) is 7. The van der Waals surface area contributed by atoms with Gasteiger partial charge in [0.25, 0.3) is 11.4 Å². The summed E-state index contributed by atoms with van der Waals surface area (Å²) >= 11 is 1.33. The van der Waals surface area contributed by atoms with E-state index in [9.17, 15) is 20.2 Å². The molecule has 162 valence electrons. The average molecular weight is 450 g/mol. The minimum atomic E-state index is -0.461. The number of nitro groups is 2. The molecule has 10 nitrogen and oxygen atoms in total. The summed E-state index contributed by atoms with van der Waals surface area (Å²) < 4.78 is 3.90. The summed E-state index contributed by atoms with van der Waals surface area (Å²) in [5.41, 5.74) is 1.62. The number of hydrogen-bond donors (Lipinski definition) is 0. The molecule has 0 aliphatic carbocycles. The summed E-state index contributed by atoms with van der Waals surface area (Å²) in [6.07, 6.45) is 6.07. The Morgan fingerprint density at radius 2 is 1.88 bits per heavy atom. The van der Waals surface area contributed by atoms with Crippen LogP contribution < -0.4 is 4.80 Å². The standard InChI is InChI=1S/C21H18N6O4S/c28-26(29)17-6-3-5-16(13-17)20-14-32-21(23-18-7-1-2-8-19(18)27(30)31)25(20)11-4-10-24-12-9-22-15-24/h1-3,5-9,12-15H,4,10-11H2. The van der Waals surface area contributed by atoms with Crippen molar-refractivity contribution in [3.63, 3.8) is 0 Å². The van der Waals surface area contributed by atoms with E-state index in [0.717, 1.165) is 18.7 Å². The first-order chi connectivity index (χ1) is 15.5. The van der Waals surface area contributed by atoms with E-state index in [1.54, 1.807) is 42.9 Å². The van der Waals surface area contributed by atoms with Crippen molar-refractivity contribution in [1.82, 2.24) is 14.1 Å². The van der Waals surface area contributed by atoms with E-state index in [2.05, 4.69) is 9.98 Å². The monoisotopic (exact) mass is 450 g/mol. The van der Waals surface area contributed by atoms with E-state index in [4.69, 9.17) is 0 Å². The third-order valence-corrected chi connectivity index (χ3v) is 5.67. The van der Waals surface area contributed by atoms with Crippen molar-refractivity contribution in [2.45, 2.75) is 19.5 Å². The van der Waals surface area contributed by atoms with Crippen LogP contribution in [0.25, 0.3) is 11.3 Å². The number of aromatic nitrogens is 3. The summed E-state index contributed by atoms with van der Waals surface area (Å²) in [5, 5.41) is 24.5. The number of thiazole rings is 1. The molecule has 0 saturated carbocycles. The van der Waals surface area contributed by atoms with Crippen LogP contribution in [0.15, 0.2) is 77.6 Å². The van der Waals surface area contributed by atoms with Crippen LogP contribution in [0.4, 0.5) is 17.1 Å². The molecule has 32 heavy (non-hydrogen) atoms. The smallest absolute Gasteiger partial charge is 0.294 e. The SMILES string of the molecule is O=[N+]([O-])c1cccc(-c2csc(=Nc3ccccc3[N+](=O)[O-])n2CCCn2ccnc2)c1. The van der Waals surface area contributed by atoms with Crippen LogP contribution in [-0.4, -0.2) is 24.0 Å². The molecule has 0 saturated heterocycles. The van der Waals surface area contributed by atoms with Crippen LogP contribution in [0.1, 0.15) is 6.42 Å². The molecule has 0 amide bonds. The van der Waals surface area contributed by atoms with Gasteiger partial charge in [0.15, 0.2) is 4.80 Å². The van der Waals surface area contributed by atoms with Crippen molar-refractivity contribution < 1.29 is 9.85 Å². The molecule has 2 aromatic heterocycles. The Morgan fingerprint density at radius 1 is 1.03 bits per heavy atom. The maximum atomic E-state index is 11.4. The molecule has 0 unspecified atom stereocenters. The number of benzene rings is 2. The van der Waals surface area contributed by atoms with Crippen LogP contribution in [0.3, 0.4) is 0 Å². The third kappa shape index (κ3) is 4.62. The predicted octanol–water partition coefficient (Wildman–Crippen LogP) is 4.55. The zero-order chi connectivity index (χ0) is 22.5. The normalized spacial score (nSPS) is 11.6. The van der Waals surface area contributed by atoms with E-state index in [-0.39, 0.29) is 17.1 Å². The lowest BCUT2D eigenvalue weighted by Crippen LogP contribution is -2.17. The zero-order valence-corrected chi connectivity index (χ0v) is 17.6. The predicted molar refractivity (Wildman–Crippen MR) is 120 cm³/mol. The molecule has 0 N–H and O–H groups in total. The second kappa shape index (κ2) is 9.35. The highest BCUT2D eigenvalue weighted by Gasteiger charge is 2.15. The topological polar surface area (TPSA) is 121 Å². The van der Waals surface area contributed by atoms with E-state index >= 15 is 0 Å². The fraction of sp³-hybridized carbons (Fsp3) is 0.143. The van der Waals surface area contributed by atoms with Crippen molar-refractivity contribution in [2.24, 2.45) is 4.99 Å². The second-order valence-electron chi connectivity index (χ2n) is 6.87. The minimum Gasteiger partial charge on any atom is -0.337 e. The molecular formula is C21H18N6O4S. The number of aryl methyl sites for hydroxylation is 1. The summed E-state index contributed by atoms with van der Waals surface area (Å²) in [5.74, 6) is 0. The fourth-order valence-corrected chi connectivity index (χ4v) is 4.24. The molecule has 4 aromatic rings. The molecule has 2 heterocycles. The number of para-hydroxylation sites is 2. The van der Waals surface area contributed by atoms with Gasteiger partial charge in [-0.1, -0.05) is 24.3 Å². The first kappa shape index (κ1) is 21.1. The van der Waals surface area contributed by atoms with Gasteiger partial charge >= 0.3 is 0 Å². The quantitative estimate of drug-likeness (QED) is 0.288. The van der Waals surface area contributed by atoms with Crippen molar-refractivity contribution in [2.75, 3.05) is 0 Å². The molecule has 4 rings (SSSR count). The summed E-state index contributed by atoms with van der Waals surface area (Å²) in [4.78, 5) is 30.9. The first-order valence-corrected chi connectivity index (χ1v) is 10.6. The molecule has 0 atom stereocenters. The maximum Gasteiger partial charge on any atom is 0.294 e. The fourth-order valence-electron chi connectivity index (χ4n) is 3.29. The highest BCUT2D eigenvalue weighted by molar-refractivity contribution is 7.07. The van der Waals surface area contributed by atoms with Crippen LogP contribution >= 0.6 is 11.3 Å². The van der Waals surface area contributed by atoms with Crippen molar-refractivity contribution in [3.8, 4) is 11.3 Å². The molecule has 0 aliphatic rings. The Hall–Kier alpha value is -4.12. The summed E-state index contributed by atoms with van der Waals surface area (Å²) in [6, 6.07) is 12.7. The number of non-ortho nitro benzene ring substituents is 1. The van der Waals surface area contributed by atoms with Gasteiger partial charge in [-0.2, -0.15) is 0 Å². The third-order valence-electron chi connectivity index (χ3n) is 4.80. The zero-order valence-electron chi connectivity index (χ0n) is 16.8. The van der Waals surface area contributed by atoms with Gasteiger partial charge in [0, 0.05) is 54.6 Å². The van der Waals surface area contributed by atoms with E-state index in [0.29, 0.717) is 16.9 Å². The molecule has 0 fully saturated rings. The van der Waals surface area contributed by atoms with Gasteiger partial charge in [-0.15, -0.1) is 11.3 Å². The lowest BCUT2D eigenvalue weighted by atomic mass is 10.1. The lowest BCUT2D eigenvalue weighted by molar-refractivity contribution is -0.384. The Morgan fingerprint density at radius 3 is 2.62 bits per heavy atom. The van der Waals surface area contributed by atoms with E-state index in [1.165, 1.54) is 29.5 Å². The maximum absolute atomic E-state index is 11.4. The van der Waals surface area contributed by atoms with Gasteiger partial charge in [-0.3, -0.25) is 20.2 Å². The number of rotatable bonds is 8. The number of imidazole rings is 1. The molecule has 11 heteroatoms. The van der Waals surface area contributed by atoms with Gasteiger partial charge in [0.1, 0.15) is 5.69 Å².